The molecule has 1 saturated heterocycles. The maximum absolute atomic E-state index is 6.50. The number of para-hydroxylation sites is 1. The van der Waals surface area contributed by atoms with Crippen LogP contribution < -0.4 is 4.74 Å². The smallest absolute Gasteiger partial charge is 0.212 e. The van der Waals surface area contributed by atoms with E-state index in [1.807, 2.05) is 61.5 Å². The summed E-state index contributed by atoms with van der Waals surface area (Å²) in [6.07, 6.45) is 1.01. The van der Waals surface area contributed by atoms with Crippen LogP contribution in [0.1, 0.15) is 32.8 Å². The van der Waals surface area contributed by atoms with Gasteiger partial charge in [-0.1, -0.05) is 30.3 Å². The Balaban J connectivity index is 1.93. The first kappa shape index (κ1) is 17.3. The van der Waals surface area contributed by atoms with Crippen LogP contribution in [0.5, 0.6) is 11.5 Å². The minimum Gasteiger partial charge on any atom is -0.457 e. The van der Waals surface area contributed by atoms with Gasteiger partial charge < -0.3 is 14.2 Å². The topological polar surface area (TPSA) is 27.7 Å². The predicted molar refractivity (Wildman–Crippen MR) is 95.7 cm³/mol. The lowest BCUT2D eigenvalue weighted by Gasteiger charge is -2.45. The average Bonchev–Trinajstić information content (AvgIpc) is 2.55. The normalized spacial score (nSPS) is 28.3. The molecule has 24 heavy (non-hydrogen) atoms. The summed E-state index contributed by atoms with van der Waals surface area (Å²) in [5.41, 5.74) is 0.872. The maximum Gasteiger partial charge on any atom is 0.212 e. The molecule has 0 N–H and O–H groups in total. The van der Waals surface area contributed by atoms with Crippen molar-refractivity contribution in [2.75, 3.05) is 0 Å². The molecule has 0 aliphatic carbocycles. The van der Waals surface area contributed by atoms with Crippen molar-refractivity contribution in [1.82, 2.24) is 0 Å². The zero-order valence-electron chi connectivity index (χ0n) is 14.2. The quantitative estimate of drug-likeness (QED) is 0.687. The number of rotatable bonds is 4. The van der Waals surface area contributed by atoms with Crippen LogP contribution in [0.3, 0.4) is 0 Å². The van der Waals surface area contributed by atoms with Crippen LogP contribution in [0, 0.1) is 0 Å². The monoisotopic (exact) mass is 346 g/mol. The molecule has 1 aliphatic heterocycles. The first-order chi connectivity index (χ1) is 11.5. The Morgan fingerprint density at radius 2 is 1.62 bits per heavy atom. The molecule has 2 aromatic rings. The number of hydrogen-bond acceptors (Lipinski definition) is 3. The second-order valence-electron chi connectivity index (χ2n) is 6.32. The molecule has 3 nitrogen and oxygen atoms in total. The lowest BCUT2D eigenvalue weighted by atomic mass is 9.99. The Bertz CT molecular complexity index is 662. The molecule has 3 rings (SSSR count). The van der Waals surface area contributed by atoms with Crippen LogP contribution in [-0.2, 0) is 15.3 Å². The van der Waals surface area contributed by atoms with Crippen molar-refractivity contribution in [3.05, 3.63) is 60.2 Å². The highest BCUT2D eigenvalue weighted by atomic mass is 35.5. The predicted octanol–water partition coefficient (Wildman–Crippen LogP) is 5.47. The summed E-state index contributed by atoms with van der Waals surface area (Å²) < 4.78 is 18.3. The molecule has 1 fully saturated rings. The van der Waals surface area contributed by atoms with Crippen LogP contribution in [0.15, 0.2) is 54.6 Å². The van der Waals surface area contributed by atoms with Crippen molar-refractivity contribution >= 4 is 11.6 Å². The van der Waals surface area contributed by atoms with Gasteiger partial charge in [-0.25, -0.2) is 0 Å². The minimum absolute atomic E-state index is 0.0775. The molecule has 4 heteroatoms. The lowest BCUT2D eigenvalue weighted by molar-refractivity contribution is -0.320. The second-order valence-corrected chi connectivity index (χ2v) is 6.97. The zero-order valence-corrected chi connectivity index (χ0v) is 15.0. The largest absolute Gasteiger partial charge is 0.457 e. The summed E-state index contributed by atoms with van der Waals surface area (Å²) in [5.74, 6) is 0.553. The third-order valence-electron chi connectivity index (χ3n) is 4.16. The van der Waals surface area contributed by atoms with Gasteiger partial charge >= 0.3 is 0 Å². The highest BCUT2D eigenvalue weighted by Crippen LogP contribution is 2.42. The Kier molecular flexibility index (Phi) is 5.14. The molecule has 128 valence electrons. The van der Waals surface area contributed by atoms with E-state index in [1.165, 1.54) is 0 Å². The minimum atomic E-state index is -0.964. The van der Waals surface area contributed by atoms with E-state index in [-0.39, 0.29) is 17.6 Å². The van der Waals surface area contributed by atoms with Gasteiger partial charge in [0, 0.05) is 5.56 Å². The Labute approximate surface area is 148 Å². The fraction of sp³-hybridized carbons (Fsp3) is 0.400. The third-order valence-corrected chi connectivity index (χ3v) is 4.44. The van der Waals surface area contributed by atoms with E-state index in [9.17, 15) is 0 Å². The van der Waals surface area contributed by atoms with Gasteiger partial charge in [0.15, 0.2) is 0 Å². The van der Waals surface area contributed by atoms with Crippen LogP contribution in [0.2, 0.25) is 0 Å². The van der Waals surface area contributed by atoms with E-state index in [4.69, 9.17) is 25.8 Å². The summed E-state index contributed by atoms with van der Waals surface area (Å²) in [4.78, 5) is 0. The molecule has 0 amide bonds. The van der Waals surface area contributed by atoms with Gasteiger partial charge in [0.2, 0.25) is 5.79 Å². The van der Waals surface area contributed by atoms with Gasteiger partial charge in [-0.2, -0.15) is 0 Å². The van der Waals surface area contributed by atoms with Crippen molar-refractivity contribution in [2.24, 2.45) is 0 Å². The molecular weight excluding hydrogens is 324 g/mol. The van der Waals surface area contributed by atoms with Crippen molar-refractivity contribution in [3.63, 3.8) is 0 Å². The highest BCUT2D eigenvalue weighted by Gasteiger charge is 2.46. The lowest BCUT2D eigenvalue weighted by Crippen LogP contribution is -2.49. The number of ether oxygens (including phenoxy) is 3. The molecule has 1 heterocycles. The standard InChI is InChI=1S/C20H23ClO3/c1-14-12-15(2)24-20(23-14,16(3)21)17-8-7-11-19(13-17)22-18-9-5-4-6-10-18/h4-11,13-16H,12H2,1-3H3. The third kappa shape index (κ3) is 3.59. The molecule has 1 aliphatic rings. The van der Waals surface area contributed by atoms with E-state index >= 15 is 0 Å². The molecule has 0 spiro atoms. The first-order valence-electron chi connectivity index (χ1n) is 8.33. The van der Waals surface area contributed by atoms with Gasteiger partial charge in [-0.15, -0.1) is 11.6 Å². The molecule has 0 bridgehead atoms. The van der Waals surface area contributed by atoms with Crippen LogP contribution in [0.4, 0.5) is 0 Å². The van der Waals surface area contributed by atoms with Crippen LogP contribution in [0.25, 0.3) is 0 Å². The van der Waals surface area contributed by atoms with Crippen molar-refractivity contribution < 1.29 is 14.2 Å². The number of benzene rings is 2. The SMILES string of the molecule is CC1CC(C)OC(c2cccc(Oc3ccccc3)c2)(C(C)Cl)O1. The fourth-order valence-corrected chi connectivity index (χ4v) is 3.37. The molecule has 2 aromatic carbocycles. The molecule has 0 saturated carbocycles. The fourth-order valence-electron chi connectivity index (χ4n) is 3.14. The van der Waals surface area contributed by atoms with Crippen LogP contribution >= 0.6 is 11.6 Å². The summed E-state index contributed by atoms with van der Waals surface area (Å²) in [7, 11) is 0. The van der Waals surface area contributed by atoms with Gasteiger partial charge in [0.1, 0.15) is 11.5 Å². The Morgan fingerprint density at radius 1 is 1.00 bits per heavy atom. The van der Waals surface area contributed by atoms with E-state index in [0.717, 1.165) is 23.5 Å². The second kappa shape index (κ2) is 7.14. The summed E-state index contributed by atoms with van der Waals surface area (Å²) in [6.45, 7) is 6.01. The summed E-state index contributed by atoms with van der Waals surface area (Å²) in [5, 5.41) is -0.338. The Hall–Kier alpha value is -1.55. The van der Waals surface area contributed by atoms with Gasteiger partial charge in [0.05, 0.1) is 17.6 Å². The van der Waals surface area contributed by atoms with Gasteiger partial charge in [-0.3, -0.25) is 0 Å². The maximum atomic E-state index is 6.50. The van der Waals surface area contributed by atoms with Gasteiger partial charge in [0.25, 0.3) is 0 Å². The molecule has 0 aromatic heterocycles. The van der Waals surface area contributed by atoms with E-state index in [0.29, 0.717) is 0 Å². The summed E-state index contributed by atoms with van der Waals surface area (Å²) >= 11 is 6.50. The van der Waals surface area contributed by atoms with E-state index in [2.05, 4.69) is 13.8 Å². The Morgan fingerprint density at radius 3 is 2.25 bits per heavy atom. The molecule has 3 atom stereocenters. The molecule has 3 unspecified atom stereocenters. The number of halogens is 1. The van der Waals surface area contributed by atoms with E-state index in [1.54, 1.807) is 0 Å². The average molecular weight is 347 g/mol. The van der Waals surface area contributed by atoms with E-state index < -0.39 is 5.79 Å². The van der Waals surface area contributed by atoms with Crippen molar-refractivity contribution in [1.29, 1.82) is 0 Å². The number of hydrogen-bond donors (Lipinski definition) is 0. The summed E-state index contributed by atoms with van der Waals surface area (Å²) in [6, 6.07) is 17.5. The molecule has 0 radical (unpaired) electrons. The van der Waals surface area contributed by atoms with Crippen molar-refractivity contribution in [2.45, 2.75) is 50.6 Å². The first-order valence-corrected chi connectivity index (χ1v) is 8.76. The van der Waals surface area contributed by atoms with Gasteiger partial charge in [-0.05, 0) is 51.5 Å². The van der Waals surface area contributed by atoms with Crippen molar-refractivity contribution in [3.8, 4) is 11.5 Å². The van der Waals surface area contributed by atoms with Crippen LogP contribution in [-0.4, -0.2) is 17.6 Å². The zero-order chi connectivity index (χ0) is 17.2. The number of alkyl halides is 1. The molecular formula is C20H23ClO3. The highest BCUT2D eigenvalue weighted by molar-refractivity contribution is 6.21.